The van der Waals surface area contributed by atoms with E-state index in [4.69, 9.17) is 11.6 Å². The van der Waals surface area contributed by atoms with Crippen LogP contribution in [0.3, 0.4) is 0 Å². The first-order chi connectivity index (χ1) is 5.74. The topological polar surface area (TPSA) is 19.9 Å². The molecule has 0 aliphatic carbocycles. The molecule has 0 bridgehead atoms. The molecule has 1 rings (SSSR count). The van der Waals surface area contributed by atoms with E-state index in [2.05, 4.69) is 0 Å². The van der Waals surface area contributed by atoms with Crippen molar-refractivity contribution in [2.45, 2.75) is 0 Å². The highest BCUT2D eigenvalue weighted by molar-refractivity contribution is 6.30. The molecule has 0 fully saturated rings. The summed E-state index contributed by atoms with van der Waals surface area (Å²) in [7, 11) is 0. The van der Waals surface area contributed by atoms with Crippen molar-refractivity contribution in [1.29, 1.82) is 0 Å². The maximum absolute atomic E-state index is 12.8. The van der Waals surface area contributed by atoms with Crippen molar-refractivity contribution in [3.05, 3.63) is 40.7 Å². The first-order valence-corrected chi connectivity index (χ1v) is 3.81. The maximum Gasteiger partial charge on any atom is 0.142 e. The fraction of sp³-hybridized carbons (Fsp3) is 0.111. The zero-order valence-electron chi connectivity index (χ0n) is 6.26. The third-order valence-corrected chi connectivity index (χ3v) is 1.66. The van der Waals surface area contributed by atoms with Crippen molar-refractivity contribution in [3.63, 3.8) is 0 Å². The normalized spacial score (nSPS) is 10.9. The smallest absolute Gasteiger partial charge is 0.142 e. The van der Waals surface area contributed by atoms with Gasteiger partial charge in [0, 0.05) is 0 Å². The molecule has 0 saturated heterocycles. The Labute approximate surface area is 75.1 Å². The largest absolute Gasteiger partial charge is 0.232 e. The highest BCUT2D eigenvalue weighted by Gasteiger charge is 1.97. The van der Waals surface area contributed by atoms with Gasteiger partial charge in [-0.3, -0.25) is 0 Å². The molecule has 1 aromatic carbocycles. The average molecular weight is 186 g/mol. The van der Waals surface area contributed by atoms with Crippen molar-refractivity contribution in [1.82, 2.24) is 0 Å². The summed E-state index contributed by atoms with van der Waals surface area (Å²) < 4.78 is 12.8. The van der Waals surface area contributed by atoms with Gasteiger partial charge in [-0.2, -0.15) is 0 Å². The molecule has 0 aliphatic heterocycles. The average Bonchev–Trinajstić information content (AvgIpc) is 2.07. The number of hydrogen-bond donors (Lipinski definition) is 0. The van der Waals surface area contributed by atoms with Crippen LogP contribution in [0, 0.1) is 5.82 Å². The van der Waals surface area contributed by atoms with Crippen LogP contribution in [0.1, 0.15) is 5.56 Å². The lowest BCUT2D eigenvalue weighted by Crippen LogP contribution is -1.79. The fourth-order valence-corrected chi connectivity index (χ4v) is 0.918. The molecule has 0 saturated carbocycles. The second-order valence-corrected chi connectivity index (χ2v) is 2.65. The number of rotatable bonds is 2. The summed E-state index contributed by atoms with van der Waals surface area (Å²) in [5.74, 6) is -0.468. The van der Waals surface area contributed by atoms with Crippen LogP contribution in [0.4, 0.5) is 4.39 Å². The van der Waals surface area contributed by atoms with Gasteiger partial charge >= 0.3 is 0 Å². The summed E-state index contributed by atoms with van der Waals surface area (Å²) in [6.07, 6.45) is 2.98. The molecule has 0 aliphatic rings. The van der Waals surface area contributed by atoms with Crippen LogP contribution < -0.4 is 0 Å². The highest BCUT2D eigenvalue weighted by atomic mass is 35.5. The molecule has 0 spiro atoms. The lowest BCUT2D eigenvalue weighted by atomic mass is 10.2. The Morgan fingerprint density at radius 3 is 2.83 bits per heavy atom. The summed E-state index contributed by atoms with van der Waals surface area (Å²) in [4.78, 5) is 0. The second-order valence-electron chi connectivity index (χ2n) is 2.24. The molecule has 0 N–H and O–H groups in total. The molecule has 0 atom stereocenters. The van der Waals surface area contributed by atoms with Gasteiger partial charge in [0.15, 0.2) is 0 Å². The Balaban J connectivity index is 2.89. The van der Waals surface area contributed by atoms with E-state index in [0.29, 0.717) is 5.56 Å². The summed E-state index contributed by atoms with van der Waals surface area (Å²) in [5.41, 5.74) is 0.646. The molecular weight excluding hydrogens is 179 g/mol. The van der Waals surface area contributed by atoms with Crippen molar-refractivity contribution in [2.75, 3.05) is 6.61 Å². The van der Waals surface area contributed by atoms with Gasteiger partial charge in [0.2, 0.25) is 0 Å². The molecule has 1 nitrogen and oxygen atoms in total. The number of halogens is 2. The van der Waals surface area contributed by atoms with Crippen molar-refractivity contribution in [2.24, 2.45) is 0 Å². The molecule has 1 radical (unpaired) electrons. The molecule has 0 unspecified atom stereocenters. The fourth-order valence-electron chi connectivity index (χ4n) is 0.800. The Morgan fingerprint density at radius 2 is 2.25 bits per heavy atom. The minimum absolute atomic E-state index is 0.0919. The molecule has 0 aromatic heterocycles. The Hall–Kier alpha value is -0.860. The van der Waals surface area contributed by atoms with Crippen LogP contribution >= 0.6 is 11.6 Å². The first kappa shape index (κ1) is 9.23. The minimum Gasteiger partial charge on any atom is -0.232 e. The molecular formula is C9H7ClFO. The molecule has 12 heavy (non-hydrogen) atoms. The van der Waals surface area contributed by atoms with Gasteiger partial charge in [-0.15, -0.1) is 0 Å². The van der Waals surface area contributed by atoms with E-state index < -0.39 is 5.82 Å². The van der Waals surface area contributed by atoms with E-state index in [0.717, 1.165) is 0 Å². The summed E-state index contributed by atoms with van der Waals surface area (Å²) in [5, 5.41) is 10.1. The molecule has 1 aromatic rings. The van der Waals surface area contributed by atoms with Gasteiger partial charge < -0.3 is 0 Å². The summed E-state index contributed by atoms with van der Waals surface area (Å²) >= 11 is 5.45. The van der Waals surface area contributed by atoms with Gasteiger partial charge in [-0.25, -0.2) is 9.50 Å². The lowest BCUT2D eigenvalue weighted by Gasteiger charge is -1.95. The van der Waals surface area contributed by atoms with E-state index in [-0.39, 0.29) is 11.6 Å². The van der Waals surface area contributed by atoms with Crippen LogP contribution in [-0.4, -0.2) is 6.61 Å². The van der Waals surface area contributed by atoms with Gasteiger partial charge in [0.25, 0.3) is 0 Å². The van der Waals surface area contributed by atoms with Crippen molar-refractivity contribution >= 4 is 17.7 Å². The quantitative estimate of drug-likeness (QED) is 0.675. The van der Waals surface area contributed by atoms with Gasteiger partial charge in [-0.05, 0) is 17.7 Å². The first-order valence-electron chi connectivity index (χ1n) is 3.43. The zero-order valence-corrected chi connectivity index (χ0v) is 7.01. The minimum atomic E-state index is -0.468. The van der Waals surface area contributed by atoms with E-state index in [1.165, 1.54) is 18.2 Å². The Kier molecular flexibility index (Phi) is 3.26. The SMILES string of the molecule is [O]CC=Cc1ccc(Cl)c(F)c1. The van der Waals surface area contributed by atoms with E-state index >= 15 is 0 Å². The van der Waals surface area contributed by atoms with E-state index in [1.54, 1.807) is 12.1 Å². The second kappa shape index (κ2) is 4.24. The van der Waals surface area contributed by atoms with Crippen LogP contribution in [-0.2, 0) is 5.11 Å². The number of benzene rings is 1. The van der Waals surface area contributed by atoms with Gasteiger partial charge in [0.1, 0.15) is 12.4 Å². The lowest BCUT2D eigenvalue weighted by molar-refractivity contribution is 0.233. The van der Waals surface area contributed by atoms with Crippen molar-refractivity contribution < 1.29 is 9.50 Å². The Bertz CT molecular complexity index is 297. The maximum atomic E-state index is 12.8. The zero-order chi connectivity index (χ0) is 8.97. The molecule has 63 valence electrons. The monoisotopic (exact) mass is 185 g/mol. The van der Waals surface area contributed by atoms with E-state index in [9.17, 15) is 9.50 Å². The van der Waals surface area contributed by atoms with Crippen LogP contribution in [0.25, 0.3) is 6.08 Å². The van der Waals surface area contributed by atoms with Gasteiger partial charge in [0.05, 0.1) is 5.02 Å². The van der Waals surface area contributed by atoms with Gasteiger partial charge in [-0.1, -0.05) is 29.8 Å². The Morgan fingerprint density at radius 1 is 1.50 bits per heavy atom. The standard InChI is InChI=1S/C9H7ClFO/c10-8-4-3-7(2-1-5-12)6-9(8)11/h1-4,6H,5H2. The van der Waals surface area contributed by atoms with E-state index in [1.807, 2.05) is 0 Å². The summed E-state index contributed by atoms with van der Waals surface area (Å²) in [6, 6.07) is 4.40. The third kappa shape index (κ3) is 2.32. The predicted octanol–water partition coefficient (Wildman–Crippen LogP) is 2.92. The van der Waals surface area contributed by atoms with Crippen LogP contribution in [0.5, 0.6) is 0 Å². The molecule has 0 heterocycles. The number of hydrogen-bond acceptors (Lipinski definition) is 0. The molecule has 3 heteroatoms. The van der Waals surface area contributed by atoms with Crippen molar-refractivity contribution in [3.8, 4) is 0 Å². The van der Waals surface area contributed by atoms with Crippen LogP contribution in [0.2, 0.25) is 5.02 Å². The third-order valence-electron chi connectivity index (χ3n) is 1.35. The predicted molar refractivity (Wildman–Crippen MR) is 46.0 cm³/mol. The highest BCUT2D eigenvalue weighted by Crippen LogP contribution is 2.16. The van der Waals surface area contributed by atoms with Crippen LogP contribution in [0.15, 0.2) is 24.3 Å². The molecule has 0 amide bonds. The summed E-state index contributed by atoms with van der Waals surface area (Å²) in [6.45, 7) is -0.301.